The number of carbonyl (C=O) groups is 2. The molecule has 1 aromatic heterocycles. The third-order valence-electron chi connectivity index (χ3n) is 2.64. The van der Waals surface area contributed by atoms with Gasteiger partial charge >= 0.3 is 5.97 Å². The summed E-state index contributed by atoms with van der Waals surface area (Å²) in [6.45, 7) is 1.28. The molecule has 0 saturated carbocycles. The van der Waals surface area contributed by atoms with E-state index in [9.17, 15) is 9.59 Å². The van der Waals surface area contributed by atoms with Gasteiger partial charge in [-0.25, -0.2) is 0 Å². The van der Waals surface area contributed by atoms with Crippen LogP contribution in [0.4, 0.5) is 0 Å². The Kier molecular flexibility index (Phi) is 7.38. The average Bonchev–Trinajstić information content (AvgIpc) is 2.93. The molecule has 0 spiro atoms. The van der Waals surface area contributed by atoms with E-state index in [0.29, 0.717) is 25.3 Å². The standard InChI is InChI=1S/C13H20N2O5/c1-19-6-3-5-14-11(13(17)18)8-12(16)15-9-10-4-2-7-20-10/h2,4,7,11,14H,3,5-6,8-9H2,1H3,(H,15,16)(H,17,18). The zero-order chi connectivity index (χ0) is 14.8. The van der Waals surface area contributed by atoms with Gasteiger partial charge in [0.1, 0.15) is 11.8 Å². The Morgan fingerprint density at radius 2 is 2.30 bits per heavy atom. The molecule has 1 amide bonds. The molecule has 7 heteroatoms. The molecular formula is C13H20N2O5. The molecule has 0 fully saturated rings. The number of carboxylic acids is 1. The number of nitrogens with one attached hydrogen (secondary N) is 2. The number of methoxy groups -OCH3 is 1. The van der Waals surface area contributed by atoms with Crippen LogP contribution < -0.4 is 10.6 Å². The lowest BCUT2D eigenvalue weighted by molar-refractivity contribution is -0.141. The van der Waals surface area contributed by atoms with Crippen LogP contribution in [-0.2, 0) is 20.9 Å². The van der Waals surface area contributed by atoms with E-state index in [2.05, 4.69) is 10.6 Å². The molecule has 0 radical (unpaired) electrons. The number of ether oxygens (including phenoxy) is 1. The van der Waals surface area contributed by atoms with Crippen molar-refractivity contribution in [3.8, 4) is 0 Å². The summed E-state index contributed by atoms with van der Waals surface area (Å²) in [5, 5.41) is 14.5. The van der Waals surface area contributed by atoms with Crippen molar-refractivity contribution < 1.29 is 23.8 Å². The van der Waals surface area contributed by atoms with Gasteiger partial charge in [0.2, 0.25) is 5.91 Å². The number of amides is 1. The Morgan fingerprint density at radius 1 is 1.50 bits per heavy atom. The summed E-state index contributed by atoms with van der Waals surface area (Å²) in [5.41, 5.74) is 0. The van der Waals surface area contributed by atoms with Crippen molar-refractivity contribution >= 4 is 11.9 Å². The number of carboxylic acid groups (broad SMARTS) is 1. The van der Waals surface area contributed by atoms with E-state index < -0.39 is 12.0 Å². The summed E-state index contributed by atoms with van der Waals surface area (Å²) < 4.78 is 9.94. The van der Waals surface area contributed by atoms with Crippen molar-refractivity contribution in [3.63, 3.8) is 0 Å². The summed E-state index contributed by atoms with van der Waals surface area (Å²) in [7, 11) is 1.58. The van der Waals surface area contributed by atoms with Gasteiger partial charge in [-0.05, 0) is 25.1 Å². The Hall–Kier alpha value is -1.86. The van der Waals surface area contributed by atoms with Gasteiger partial charge in [0, 0.05) is 13.7 Å². The molecule has 1 atom stereocenters. The van der Waals surface area contributed by atoms with Crippen molar-refractivity contribution in [3.05, 3.63) is 24.2 Å². The minimum Gasteiger partial charge on any atom is -0.480 e. The molecule has 112 valence electrons. The highest BCUT2D eigenvalue weighted by molar-refractivity contribution is 5.84. The SMILES string of the molecule is COCCCNC(CC(=O)NCc1ccco1)C(=O)O. The van der Waals surface area contributed by atoms with Crippen molar-refractivity contribution in [2.24, 2.45) is 0 Å². The fraction of sp³-hybridized carbons (Fsp3) is 0.538. The van der Waals surface area contributed by atoms with E-state index in [1.54, 1.807) is 19.2 Å². The normalized spacial score (nSPS) is 12.1. The lowest BCUT2D eigenvalue weighted by Crippen LogP contribution is -2.41. The van der Waals surface area contributed by atoms with Crippen LogP contribution in [0.25, 0.3) is 0 Å². The minimum atomic E-state index is -1.05. The maximum absolute atomic E-state index is 11.7. The van der Waals surface area contributed by atoms with E-state index in [1.807, 2.05) is 0 Å². The first-order valence-corrected chi connectivity index (χ1v) is 6.37. The van der Waals surface area contributed by atoms with Crippen molar-refractivity contribution in [1.29, 1.82) is 0 Å². The largest absolute Gasteiger partial charge is 0.480 e. The van der Waals surface area contributed by atoms with Crippen molar-refractivity contribution in [2.45, 2.75) is 25.4 Å². The van der Waals surface area contributed by atoms with Crippen LogP contribution in [0.5, 0.6) is 0 Å². The Balaban J connectivity index is 2.29. The third-order valence-corrected chi connectivity index (χ3v) is 2.64. The van der Waals surface area contributed by atoms with Crippen molar-refractivity contribution in [1.82, 2.24) is 10.6 Å². The number of hydrogen-bond donors (Lipinski definition) is 3. The average molecular weight is 284 g/mol. The number of aliphatic carboxylic acids is 1. The first kappa shape index (κ1) is 16.2. The van der Waals surface area contributed by atoms with Crippen LogP contribution in [0.3, 0.4) is 0 Å². The first-order valence-electron chi connectivity index (χ1n) is 6.37. The summed E-state index contributed by atoms with van der Waals surface area (Å²) >= 11 is 0. The Bertz CT molecular complexity index is 405. The monoisotopic (exact) mass is 284 g/mol. The quantitative estimate of drug-likeness (QED) is 0.536. The summed E-state index contributed by atoms with van der Waals surface area (Å²) in [5.74, 6) is -0.762. The summed E-state index contributed by atoms with van der Waals surface area (Å²) in [6.07, 6.45) is 2.08. The highest BCUT2D eigenvalue weighted by Crippen LogP contribution is 2.00. The molecule has 0 bridgehead atoms. The van der Waals surface area contributed by atoms with E-state index in [1.165, 1.54) is 6.26 Å². The smallest absolute Gasteiger partial charge is 0.321 e. The molecule has 1 aromatic rings. The first-order chi connectivity index (χ1) is 9.63. The van der Waals surface area contributed by atoms with Gasteiger partial charge in [-0.15, -0.1) is 0 Å². The molecule has 20 heavy (non-hydrogen) atoms. The molecule has 1 heterocycles. The zero-order valence-electron chi connectivity index (χ0n) is 11.4. The fourth-order valence-corrected chi connectivity index (χ4v) is 1.60. The zero-order valence-corrected chi connectivity index (χ0v) is 11.4. The third kappa shape index (κ3) is 6.35. The topological polar surface area (TPSA) is 101 Å². The van der Waals surface area contributed by atoms with Gasteiger partial charge in [0.05, 0.1) is 19.2 Å². The maximum atomic E-state index is 11.7. The van der Waals surface area contributed by atoms with E-state index in [4.69, 9.17) is 14.3 Å². The molecule has 0 aliphatic carbocycles. The lowest BCUT2D eigenvalue weighted by Gasteiger charge is -2.14. The Morgan fingerprint density at radius 3 is 2.90 bits per heavy atom. The number of carbonyl (C=O) groups excluding carboxylic acids is 1. The second-order valence-corrected chi connectivity index (χ2v) is 4.25. The van der Waals surface area contributed by atoms with Crippen molar-refractivity contribution in [2.75, 3.05) is 20.3 Å². The molecule has 1 rings (SSSR count). The molecular weight excluding hydrogens is 264 g/mol. The van der Waals surface area contributed by atoms with Gasteiger partial charge in [0.15, 0.2) is 0 Å². The molecule has 1 unspecified atom stereocenters. The second-order valence-electron chi connectivity index (χ2n) is 4.25. The van der Waals surface area contributed by atoms with Gasteiger partial charge in [-0.3, -0.25) is 9.59 Å². The lowest BCUT2D eigenvalue weighted by atomic mass is 10.2. The second kappa shape index (κ2) is 9.11. The van der Waals surface area contributed by atoms with Crippen LogP contribution in [0.2, 0.25) is 0 Å². The van der Waals surface area contributed by atoms with Crippen LogP contribution in [0.15, 0.2) is 22.8 Å². The van der Waals surface area contributed by atoms with Gasteiger partial charge in [-0.2, -0.15) is 0 Å². The maximum Gasteiger partial charge on any atom is 0.321 e. The van der Waals surface area contributed by atoms with E-state index in [0.717, 1.165) is 0 Å². The van der Waals surface area contributed by atoms with Crippen LogP contribution in [0.1, 0.15) is 18.6 Å². The van der Waals surface area contributed by atoms with Crippen LogP contribution in [-0.4, -0.2) is 43.3 Å². The highest BCUT2D eigenvalue weighted by Gasteiger charge is 2.20. The molecule has 0 saturated heterocycles. The predicted molar refractivity (Wildman–Crippen MR) is 71.1 cm³/mol. The molecule has 7 nitrogen and oxygen atoms in total. The fourth-order valence-electron chi connectivity index (χ4n) is 1.60. The van der Waals surface area contributed by atoms with Gasteiger partial charge < -0.3 is 24.9 Å². The number of rotatable bonds is 10. The van der Waals surface area contributed by atoms with E-state index in [-0.39, 0.29) is 18.9 Å². The molecule has 0 aromatic carbocycles. The molecule has 0 aliphatic heterocycles. The number of furan rings is 1. The summed E-state index contributed by atoms with van der Waals surface area (Å²) in [4.78, 5) is 22.7. The van der Waals surface area contributed by atoms with E-state index >= 15 is 0 Å². The van der Waals surface area contributed by atoms with Crippen LogP contribution >= 0.6 is 0 Å². The van der Waals surface area contributed by atoms with Gasteiger partial charge in [-0.1, -0.05) is 0 Å². The number of hydrogen-bond acceptors (Lipinski definition) is 5. The highest BCUT2D eigenvalue weighted by atomic mass is 16.5. The summed E-state index contributed by atoms with van der Waals surface area (Å²) in [6, 6.07) is 2.56. The van der Waals surface area contributed by atoms with Crippen LogP contribution in [0, 0.1) is 0 Å². The Labute approximate surface area is 117 Å². The molecule has 0 aliphatic rings. The molecule has 3 N–H and O–H groups in total. The van der Waals surface area contributed by atoms with Gasteiger partial charge in [0.25, 0.3) is 0 Å². The predicted octanol–water partition coefficient (Wildman–Crippen LogP) is 0.365. The minimum absolute atomic E-state index is 0.122.